The molecule has 0 unspecified atom stereocenters. The van der Waals surface area contributed by atoms with Crippen LogP contribution in [0, 0.1) is 0 Å². The fraction of sp³-hybridized carbons (Fsp3) is 1.00. The quantitative estimate of drug-likeness (QED) is 0.283. The number of ether oxygens (including phenoxy) is 3. The first-order chi connectivity index (χ1) is 14.2. The second kappa shape index (κ2) is 15.4. The van der Waals surface area contributed by atoms with Crippen molar-refractivity contribution in [3.63, 3.8) is 0 Å². The molecule has 0 bridgehead atoms. The third-order valence-corrected chi connectivity index (χ3v) is 7.61. The largest absolute Gasteiger partial charge is 1.00 e. The Hall–Kier alpha value is 0.570. The topological polar surface area (TPSA) is 27.7 Å². The van der Waals surface area contributed by atoms with E-state index in [2.05, 4.69) is 7.05 Å². The zero-order valence-electron chi connectivity index (χ0n) is 19.6. The van der Waals surface area contributed by atoms with Crippen molar-refractivity contribution in [2.24, 2.45) is 0 Å². The summed E-state index contributed by atoms with van der Waals surface area (Å²) in [6.45, 7) is 5.89. The lowest BCUT2D eigenvalue weighted by atomic mass is 9.98. The number of rotatable bonds is 12. The SMILES string of the molecule is C[N+](CCOC1CCCCC1)(CCOC1CCCCC1)CCOC1CCCCC1.[I-]. The van der Waals surface area contributed by atoms with Crippen LogP contribution in [-0.4, -0.2) is 69.3 Å². The van der Waals surface area contributed by atoms with Crippen molar-refractivity contribution in [3.8, 4) is 0 Å². The first kappa shape index (κ1) is 26.8. The summed E-state index contributed by atoms with van der Waals surface area (Å²) in [5.41, 5.74) is 0. The van der Waals surface area contributed by atoms with Crippen LogP contribution in [0.15, 0.2) is 0 Å². The van der Waals surface area contributed by atoms with Gasteiger partial charge < -0.3 is 42.7 Å². The van der Waals surface area contributed by atoms with E-state index in [1.807, 2.05) is 0 Å². The van der Waals surface area contributed by atoms with Gasteiger partial charge in [0, 0.05) is 0 Å². The molecule has 0 saturated heterocycles. The van der Waals surface area contributed by atoms with Gasteiger partial charge in [0.25, 0.3) is 0 Å². The normalized spacial score (nSPS) is 22.7. The average Bonchev–Trinajstić information content (AvgIpc) is 2.76. The van der Waals surface area contributed by atoms with Crippen molar-refractivity contribution >= 4 is 0 Å². The smallest absolute Gasteiger partial charge is 0.102 e. The Morgan fingerprint density at radius 1 is 0.500 bits per heavy atom. The molecule has 0 radical (unpaired) electrons. The Labute approximate surface area is 203 Å². The van der Waals surface area contributed by atoms with Crippen molar-refractivity contribution in [2.75, 3.05) is 46.5 Å². The molecule has 0 aromatic rings. The second-order valence-electron chi connectivity index (χ2n) is 10.2. The van der Waals surface area contributed by atoms with Crippen LogP contribution >= 0.6 is 0 Å². The van der Waals surface area contributed by atoms with Crippen LogP contribution in [0.25, 0.3) is 0 Å². The van der Waals surface area contributed by atoms with Gasteiger partial charge in [-0.25, -0.2) is 0 Å². The van der Waals surface area contributed by atoms with Gasteiger partial charge in [0.15, 0.2) is 0 Å². The van der Waals surface area contributed by atoms with E-state index in [-0.39, 0.29) is 24.0 Å². The van der Waals surface area contributed by atoms with Gasteiger partial charge in [0.2, 0.25) is 0 Å². The maximum atomic E-state index is 6.27. The van der Waals surface area contributed by atoms with Crippen LogP contribution in [0.5, 0.6) is 0 Å². The van der Waals surface area contributed by atoms with Crippen LogP contribution in [0.4, 0.5) is 0 Å². The molecule has 3 rings (SSSR count). The van der Waals surface area contributed by atoms with Gasteiger partial charge in [-0.05, 0) is 38.5 Å². The van der Waals surface area contributed by atoms with Crippen LogP contribution in [0.1, 0.15) is 96.3 Å². The minimum Gasteiger partial charge on any atom is -1.00 e. The van der Waals surface area contributed by atoms with Crippen molar-refractivity contribution in [1.82, 2.24) is 0 Å². The first-order valence-corrected chi connectivity index (χ1v) is 12.9. The molecule has 3 aliphatic carbocycles. The molecule has 0 spiro atoms. The van der Waals surface area contributed by atoms with E-state index >= 15 is 0 Å². The second-order valence-corrected chi connectivity index (χ2v) is 10.2. The highest BCUT2D eigenvalue weighted by Gasteiger charge is 2.25. The third kappa shape index (κ3) is 10.5. The highest BCUT2D eigenvalue weighted by Crippen LogP contribution is 2.23. The van der Waals surface area contributed by atoms with Crippen LogP contribution in [0.3, 0.4) is 0 Å². The Morgan fingerprint density at radius 3 is 1.03 bits per heavy atom. The predicted octanol–water partition coefficient (Wildman–Crippen LogP) is 2.48. The van der Waals surface area contributed by atoms with E-state index in [0.717, 1.165) is 43.9 Å². The van der Waals surface area contributed by atoms with Crippen LogP contribution in [0.2, 0.25) is 0 Å². The summed E-state index contributed by atoms with van der Waals surface area (Å²) in [7, 11) is 2.39. The minimum atomic E-state index is 0. The molecule has 3 fully saturated rings. The van der Waals surface area contributed by atoms with E-state index in [0.29, 0.717) is 18.3 Å². The molecule has 30 heavy (non-hydrogen) atoms. The number of likely N-dealkylation sites (N-methyl/N-ethyl adjacent to an activating group) is 1. The monoisotopic (exact) mass is 537 g/mol. The molecule has 0 N–H and O–H groups in total. The summed E-state index contributed by atoms with van der Waals surface area (Å²) < 4.78 is 19.8. The number of hydrogen-bond acceptors (Lipinski definition) is 3. The van der Waals surface area contributed by atoms with Crippen LogP contribution < -0.4 is 24.0 Å². The molecule has 0 amide bonds. The standard InChI is InChI=1S/C25H48NO3.HI/c1-26(17-20-27-23-11-5-2-6-12-23,18-21-28-24-13-7-3-8-14-24)19-22-29-25-15-9-4-10-16-25;/h23-25H,2-22H2,1H3;1H/q+1;/p-1. The van der Waals surface area contributed by atoms with E-state index in [9.17, 15) is 0 Å². The number of nitrogens with zero attached hydrogens (tertiary/aromatic N) is 1. The molecule has 178 valence electrons. The summed E-state index contributed by atoms with van der Waals surface area (Å²) in [5.74, 6) is 0. The molecule has 3 saturated carbocycles. The lowest BCUT2D eigenvalue weighted by molar-refractivity contribution is -0.910. The lowest BCUT2D eigenvalue weighted by Crippen LogP contribution is -3.00. The van der Waals surface area contributed by atoms with Crippen LogP contribution in [-0.2, 0) is 14.2 Å². The molecule has 0 aromatic heterocycles. The van der Waals surface area contributed by atoms with Gasteiger partial charge in [-0.2, -0.15) is 0 Å². The molecule has 0 aromatic carbocycles. The zero-order valence-corrected chi connectivity index (χ0v) is 21.8. The molecule has 0 heterocycles. The van der Waals surface area contributed by atoms with Gasteiger partial charge in [0.05, 0.1) is 45.2 Å². The predicted molar refractivity (Wildman–Crippen MR) is 119 cm³/mol. The lowest BCUT2D eigenvalue weighted by Gasteiger charge is -2.36. The van der Waals surface area contributed by atoms with E-state index in [4.69, 9.17) is 14.2 Å². The van der Waals surface area contributed by atoms with E-state index < -0.39 is 0 Å². The summed E-state index contributed by atoms with van der Waals surface area (Å²) in [5, 5.41) is 0. The van der Waals surface area contributed by atoms with Gasteiger partial charge in [-0.3, -0.25) is 0 Å². The average molecular weight is 538 g/mol. The summed E-state index contributed by atoms with van der Waals surface area (Å²) >= 11 is 0. The number of halogens is 1. The zero-order chi connectivity index (χ0) is 20.2. The van der Waals surface area contributed by atoms with E-state index in [1.54, 1.807) is 0 Å². The fourth-order valence-electron chi connectivity index (χ4n) is 5.35. The van der Waals surface area contributed by atoms with Crippen molar-refractivity contribution in [2.45, 2.75) is 115 Å². The van der Waals surface area contributed by atoms with Crippen molar-refractivity contribution in [3.05, 3.63) is 0 Å². The minimum absolute atomic E-state index is 0. The summed E-state index contributed by atoms with van der Waals surface area (Å²) in [4.78, 5) is 0. The molecule has 0 atom stereocenters. The third-order valence-electron chi connectivity index (χ3n) is 7.61. The Kier molecular flexibility index (Phi) is 13.8. The Balaban J connectivity index is 0.00000320. The molecule has 5 heteroatoms. The highest BCUT2D eigenvalue weighted by atomic mass is 127. The van der Waals surface area contributed by atoms with E-state index in [1.165, 1.54) is 96.3 Å². The first-order valence-electron chi connectivity index (χ1n) is 12.9. The molecular weight excluding hydrogens is 489 g/mol. The van der Waals surface area contributed by atoms with Gasteiger partial charge in [0.1, 0.15) is 19.6 Å². The molecular formula is C25H48INO3. The maximum Gasteiger partial charge on any atom is 0.102 e. The summed E-state index contributed by atoms with van der Waals surface area (Å²) in [6.07, 6.45) is 21.4. The summed E-state index contributed by atoms with van der Waals surface area (Å²) in [6, 6.07) is 0. The Morgan fingerprint density at radius 2 is 0.767 bits per heavy atom. The van der Waals surface area contributed by atoms with Gasteiger partial charge >= 0.3 is 0 Å². The van der Waals surface area contributed by atoms with Gasteiger partial charge in [-0.15, -0.1) is 0 Å². The fourth-order valence-corrected chi connectivity index (χ4v) is 5.35. The molecule has 4 nitrogen and oxygen atoms in total. The molecule has 0 aliphatic heterocycles. The van der Waals surface area contributed by atoms with Crippen molar-refractivity contribution < 1.29 is 42.7 Å². The van der Waals surface area contributed by atoms with Gasteiger partial charge in [-0.1, -0.05) is 57.8 Å². The highest BCUT2D eigenvalue weighted by molar-refractivity contribution is 4.67. The number of hydrogen-bond donors (Lipinski definition) is 0. The Bertz CT molecular complexity index is 359. The van der Waals surface area contributed by atoms with Crippen molar-refractivity contribution in [1.29, 1.82) is 0 Å². The number of quaternary nitrogens is 1. The maximum absolute atomic E-state index is 6.27. The molecule has 3 aliphatic rings.